The molecule has 2 aromatic carbocycles. The number of benzene rings is 2. The zero-order valence-electron chi connectivity index (χ0n) is 36.3. The lowest BCUT2D eigenvalue weighted by molar-refractivity contribution is -0.130. The number of hydrogen-bond donors (Lipinski definition) is 2. The van der Waals surface area contributed by atoms with Gasteiger partial charge in [0.25, 0.3) is 0 Å². The maximum Gasteiger partial charge on any atom is 0.192 e. The Bertz CT molecular complexity index is 1770. The Kier molecular flexibility index (Phi) is 18.6. The lowest BCUT2D eigenvalue weighted by atomic mass is 9.61. The maximum absolute atomic E-state index is 13.0. The summed E-state index contributed by atoms with van der Waals surface area (Å²) in [5.74, 6) is 4.40. The van der Waals surface area contributed by atoms with E-state index in [0.29, 0.717) is 68.2 Å². The van der Waals surface area contributed by atoms with Crippen LogP contribution >= 0.6 is 27.0 Å². The van der Waals surface area contributed by atoms with Crippen LogP contribution in [0, 0.1) is 55.9 Å². The van der Waals surface area contributed by atoms with E-state index in [1.54, 1.807) is 12.1 Å². The summed E-state index contributed by atoms with van der Waals surface area (Å²) in [6.45, 7) is 16.4. The highest BCUT2D eigenvalue weighted by Crippen LogP contribution is 2.60. The summed E-state index contributed by atoms with van der Waals surface area (Å²) in [5, 5.41) is 0. The van der Waals surface area contributed by atoms with Crippen molar-refractivity contribution in [3.05, 3.63) is 60.7 Å². The molecule has 0 spiro atoms. The molecule has 4 saturated carbocycles. The van der Waals surface area contributed by atoms with Crippen LogP contribution in [0.2, 0.25) is 18.1 Å². The second-order valence-electron chi connectivity index (χ2n) is 18.6. The summed E-state index contributed by atoms with van der Waals surface area (Å²) in [7, 11) is -7.00. The SMILES string of the molecule is CC[Si](CC)(CC)O[C@H]1CCC[C@]2(C)[C@@H]([C@H](C)CCS(=N)(=O)c3ccccc3)CC[C@@H]12.C[C@H](CCS(=N)(=O)c1ccccc1)[C@H]1CC[C@H]2C(=O)CCC[C@]12C.S.S. The number of carbonyl (C=O) groups is 1. The largest absolute Gasteiger partial charge is 0.414 e. The molecule has 4 fully saturated rings. The molecule has 0 aromatic heterocycles. The Morgan fingerprint density at radius 1 is 0.702 bits per heavy atom. The van der Waals surface area contributed by atoms with Crippen molar-refractivity contribution in [2.45, 2.75) is 160 Å². The molecule has 0 heterocycles. The first-order valence-corrected chi connectivity index (χ1v) is 27.9. The van der Waals surface area contributed by atoms with Crippen LogP contribution in [0.15, 0.2) is 70.5 Å². The van der Waals surface area contributed by atoms with Gasteiger partial charge in [-0.25, -0.2) is 18.0 Å². The molecule has 4 aliphatic rings. The molecule has 2 unspecified atom stereocenters. The molecular weight excluding hydrogens is 801 g/mol. The standard InChI is InChI=1S/C26H45NO2SSi.C20H29NO2S.2H2S/c1-6-31(7-2,8-3)29-25-15-12-19-26(5)23(16-17-24(25)26)21(4)18-20-30(27,28)22-13-10-9-11-14-22;1-15(12-14-24(21,23)16-7-4-3-5-8-16)17-10-11-18-19(22)9-6-13-20(17,18)2;;/h9-11,13-14,21,23-25,27H,6-8,12,15-20H2,1-5H3;3-5,7-8,15,17-18,21H,6,9-14H2,1-2H3;2*1H2/t21-,23-,24+,25+,26-,30?;15-,17-,18+,20-,24?;;/m11../s1. The summed E-state index contributed by atoms with van der Waals surface area (Å²) in [6.07, 6.45) is 13.6. The van der Waals surface area contributed by atoms with Crippen LogP contribution in [0.4, 0.5) is 0 Å². The lowest BCUT2D eigenvalue weighted by Gasteiger charge is -2.49. The van der Waals surface area contributed by atoms with Crippen molar-refractivity contribution in [1.29, 1.82) is 9.56 Å². The highest BCUT2D eigenvalue weighted by atomic mass is 32.2. The predicted molar refractivity (Wildman–Crippen MR) is 253 cm³/mol. The molecule has 0 aliphatic heterocycles. The van der Waals surface area contributed by atoms with Gasteiger partial charge in [-0.15, -0.1) is 0 Å². The zero-order chi connectivity index (χ0) is 40.1. The molecule has 6 nitrogen and oxygen atoms in total. The third-order valence-corrected chi connectivity index (χ3v) is 24.1. The Hall–Kier alpha value is -1.11. The average molecular weight is 879 g/mol. The van der Waals surface area contributed by atoms with Gasteiger partial charge in [0.1, 0.15) is 5.78 Å². The van der Waals surface area contributed by atoms with Crippen LogP contribution in [0.5, 0.6) is 0 Å². The molecule has 11 atom stereocenters. The fourth-order valence-corrected chi connectivity index (χ4v) is 18.1. The van der Waals surface area contributed by atoms with E-state index in [-0.39, 0.29) is 38.3 Å². The minimum absolute atomic E-state index is 0. The zero-order valence-corrected chi connectivity index (χ0v) is 40.9. The number of hydrogen-bond acceptors (Lipinski definition) is 6. The molecule has 4 aliphatic carbocycles. The molecule has 0 bridgehead atoms. The Balaban J connectivity index is 0.000000303. The number of Topliss-reactive ketones (excluding diaryl/α,β-unsaturated/α-hetero) is 1. The van der Waals surface area contributed by atoms with E-state index in [1.165, 1.54) is 50.2 Å². The summed E-state index contributed by atoms with van der Waals surface area (Å²) >= 11 is 0. The molecule has 0 amide bonds. The predicted octanol–water partition coefficient (Wildman–Crippen LogP) is 12.9. The fourth-order valence-electron chi connectivity index (χ4n) is 12.1. The topological polar surface area (TPSA) is 108 Å². The van der Waals surface area contributed by atoms with E-state index >= 15 is 0 Å². The number of fused-ring (bicyclic) bond motifs is 2. The first-order valence-electron chi connectivity index (χ1n) is 21.9. The molecule has 57 heavy (non-hydrogen) atoms. The summed E-state index contributed by atoms with van der Waals surface area (Å²) in [4.78, 5) is 13.6. The van der Waals surface area contributed by atoms with Crippen molar-refractivity contribution in [1.82, 2.24) is 0 Å². The van der Waals surface area contributed by atoms with Crippen LogP contribution in [-0.2, 0) is 28.7 Å². The first kappa shape index (κ1) is 50.2. The smallest absolute Gasteiger partial charge is 0.192 e. The maximum atomic E-state index is 13.0. The number of ketones is 1. The van der Waals surface area contributed by atoms with Crippen LogP contribution in [-0.4, -0.2) is 40.1 Å². The molecule has 6 rings (SSSR count). The Labute approximate surface area is 363 Å². The van der Waals surface area contributed by atoms with E-state index in [0.717, 1.165) is 44.9 Å². The van der Waals surface area contributed by atoms with Gasteiger partial charge in [-0.3, -0.25) is 4.79 Å². The monoisotopic (exact) mass is 878 g/mol. The molecule has 11 heteroatoms. The number of rotatable bonds is 15. The van der Waals surface area contributed by atoms with Gasteiger partial charge >= 0.3 is 0 Å². The fraction of sp³-hybridized carbons (Fsp3) is 0.717. The van der Waals surface area contributed by atoms with Crippen LogP contribution in [0.1, 0.15) is 126 Å². The van der Waals surface area contributed by atoms with Crippen molar-refractivity contribution < 1.29 is 17.6 Å². The highest BCUT2D eigenvalue weighted by molar-refractivity contribution is 7.92. The minimum atomic E-state index is -2.71. The third-order valence-electron chi connectivity index (χ3n) is 15.7. The second-order valence-corrected chi connectivity index (χ2v) is 27.8. The van der Waals surface area contributed by atoms with Gasteiger partial charge in [0.05, 0.1) is 19.5 Å². The molecular formula is C46H78N2O4S4Si. The highest BCUT2D eigenvalue weighted by Gasteiger charge is 2.54. The molecule has 2 N–H and O–H groups in total. The molecule has 324 valence electrons. The van der Waals surface area contributed by atoms with E-state index in [1.807, 2.05) is 48.5 Å². The van der Waals surface area contributed by atoms with Gasteiger partial charge < -0.3 is 4.43 Å². The molecule has 0 saturated heterocycles. The average Bonchev–Trinajstić information content (AvgIpc) is 3.74. The Morgan fingerprint density at radius 2 is 1.16 bits per heavy atom. The van der Waals surface area contributed by atoms with Crippen molar-refractivity contribution >= 4 is 60.6 Å². The van der Waals surface area contributed by atoms with Gasteiger partial charge in [0.2, 0.25) is 0 Å². The van der Waals surface area contributed by atoms with Gasteiger partial charge in [-0.2, -0.15) is 27.0 Å². The minimum Gasteiger partial charge on any atom is -0.414 e. The Morgan fingerprint density at radius 3 is 1.65 bits per heavy atom. The van der Waals surface area contributed by atoms with Crippen molar-refractivity contribution in [3.63, 3.8) is 0 Å². The third kappa shape index (κ3) is 11.2. The summed E-state index contributed by atoms with van der Waals surface area (Å²) < 4.78 is 49.6. The molecule has 2 aromatic rings. The van der Waals surface area contributed by atoms with Gasteiger partial charge in [-0.05, 0) is 147 Å². The van der Waals surface area contributed by atoms with E-state index in [4.69, 9.17) is 14.0 Å². The van der Waals surface area contributed by atoms with Gasteiger partial charge in [0.15, 0.2) is 8.32 Å². The molecule has 0 radical (unpaired) electrons. The quantitative estimate of drug-likeness (QED) is 0.174. The van der Waals surface area contributed by atoms with Gasteiger partial charge in [0, 0.05) is 39.7 Å². The second kappa shape index (κ2) is 21.1. The summed E-state index contributed by atoms with van der Waals surface area (Å²) in [6, 6.07) is 22.3. The van der Waals surface area contributed by atoms with Crippen molar-refractivity contribution in [2.75, 3.05) is 11.5 Å². The first-order chi connectivity index (χ1) is 26.1. The normalized spacial score (nSPS) is 31.4. The van der Waals surface area contributed by atoms with Crippen LogP contribution < -0.4 is 0 Å². The van der Waals surface area contributed by atoms with Crippen LogP contribution in [0.3, 0.4) is 0 Å². The number of nitrogens with one attached hydrogen (secondary N) is 2. The van der Waals surface area contributed by atoms with E-state index in [2.05, 4.69) is 48.5 Å². The van der Waals surface area contributed by atoms with Crippen molar-refractivity contribution in [3.8, 4) is 0 Å². The van der Waals surface area contributed by atoms with Crippen molar-refractivity contribution in [2.24, 2.45) is 46.3 Å². The van der Waals surface area contributed by atoms with E-state index < -0.39 is 27.8 Å². The van der Waals surface area contributed by atoms with Crippen LogP contribution in [0.25, 0.3) is 0 Å². The lowest BCUT2D eigenvalue weighted by Crippen LogP contribution is -2.48. The van der Waals surface area contributed by atoms with E-state index in [9.17, 15) is 13.2 Å². The van der Waals surface area contributed by atoms with Gasteiger partial charge in [-0.1, -0.05) is 91.3 Å². The summed E-state index contributed by atoms with van der Waals surface area (Å²) in [5.41, 5.74) is 0.470. The number of carbonyl (C=O) groups excluding carboxylic acids is 1.